The van der Waals surface area contributed by atoms with Crippen LogP contribution in [0.2, 0.25) is 0 Å². The zero-order chi connectivity index (χ0) is 16.1. The number of aromatic amines is 1. The fourth-order valence-corrected chi connectivity index (χ4v) is 2.21. The number of amides is 1. The molecule has 0 radical (unpaired) electrons. The number of benzene rings is 1. The fourth-order valence-electron chi connectivity index (χ4n) is 2.21. The molecule has 0 atom stereocenters. The van der Waals surface area contributed by atoms with Gasteiger partial charge in [-0.05, 0) is 51.2 Å². The van der Waals surface area contributed by atoms with Crippen LogP contribution in [0.1, 0.15) is 27.2 Å². The predicted octanol–water partition coefficient (Wildman–Crippen LogP) is 2.23. The second-order valence-corrected chi connectivity index (χ2v) is 5.91. The summed E-state index contributed by atoms with van der Waals surface area (Å²) in [6, 6.07) is 5.87. The Labute approximate surface area is 132 Å². The number of rotatable bonds is 6. The van der Waals surface area contributed by atoms with Crippen LogP contribution in [0.3, 0.4) is 0 Å². The lowest BCUT2D eigenvalue weighted by molar-refractivity contribution is 0.0730. The van der Waals surface area contributed by atoms with Crippen LogP contribution < -0.4 is 0 Å². The molecule has 0 fully saturated rings. The van der Waals surface area contributed by atoms with Crippen molar-refractivity contribution < 1.29 is 4.79 Å². The van der Waals surface area contributed by atoms with E-state index in [1.807, 2.05) is 44.1 Å². The van der Waals surface area contributed by atoms with Gasteiger partial charge in [0.2, 0.25) is 0 Å². The Morgan fingerprint density at radius 1 is 1.18 bits per heavy atom. The van der Waals surface area contributed by atoms with Gasteiger partial charge in [-0.3, -0.25) is 4.79 Å². The Hall–Kier alpha value is -2.14. The largest absolute Gasteiger partial charge is 0.347 e. The van der Waals surface area contributed by atoms with E-state index in [1.165, 1.54) is 5.56 Å². The van der Waals surface area contributed by atoms with Gasteiger partial charge >= 0.3 is 0 Å². The molecule has 2 aromatic rings. The van der Waals surface area contributed by atoms with E-state index in [0.717, 1.165) is 23.4 Å². The zero-order valence-corrected chi connectivity index (χ0v) is 13.8. The number of carbonyl (C=O) groups is 1. The Morgan fingerprint density at radius 2 is 1.95 bits per heavy atom. The Kier molecular flexibility index (Phi) is 5.33. The van der Waals surface area contributed by atoms with Gasteiger partial charge in [0.05, 0.1) is 18.6 Å². The van der Waals surface area contributed by atoms with Gasteiger partial charge in [0, 0.05) is 24.8 Å². The van der Waals surface area contributed by atoms with Crippen LogP contribution in [0.15, 0.2) is 30.7 Å². The molecule has 2 rings (SSSR count). The summed E-state index contributed by atoms with van der Waals surface area (Å²) in [6.45, 7) is 6.13. The number of hydrogen-bond donors (Lipinski definition) is 1. The minimum absolute atomic E-state index is 0.0551. The third-order valence-corrected chi connectivity index (χ3v) is 3.77. The highest BCUT2D eigenvalue weighted by Gasteiger charge is 2.17. The van der Waals surface area contributed by atoms with Crippen molar-refractivity contribution in [3.63, 3.8) is 0 Å². The van der Waals surface area contributed by atoms with Gasteiger partial charge in [0.25, 0.3) is 5.91 Å². The minimum atomic E-state index is 0.0551. The van der Waals surface area contributed by atoms with E-state index in [-0.39, 0.29) is 5.91 Å². The molecule has 5 nitrogen and oxygen atoms in total. The van der Waals surface area contributed by atoms with Gasteiger partial charge in [-0.1, -0.05) is 6.07 Å². The van der Waals surface area contributed by atoms with Crippen molar-refractivity contribution in [2.45, 2.75) is 20.4 Å². The molecular weight excluding hydrogens is 276 g/mol. The van der Waals surface area contributed by atoms with Crippen LogP contribution in [0.4, 0.5) is 0 Å². The van der Waals surface area contributed by atoms with Gasteiger partial charge < -0.3 is 14.8 Å². The predicted molar refractivity (Wildman–Crippen MR) is 87.8 cm³/mol. The Morgan fingerprint density at radius 3 is 2.55 bits per heavy atom. The standard InChI is InChI=1S/C17H24N4O/c1-13-5-6-15(9-14(13)2)17(22)21(8-7-20(3)4)11-16-10-18-12-19-16/h5-6,9-10,12H,7-8,11H2,1-4H3,(H,18,19). The van der Waals surface area contributed by atoms with Crippen molar-refractivity contribution in [3.05, 3.63) is 53.1 Å². The van der Waals surface area contributed by atoms with E-state index in [1.54, 1.807) is 12.5 Å². The van der Waals surface area contributed by atoms with Crippen molar-refractivity contribution in [1.82, 2.24) is 19.8 Å². The number of nitrogens with zero attached hydrogens (tertiary/aromatic N) is 3. The molecule has 1 amide bonds. The summed E-state index contributed by atoms with van der Waals surface area (Å²) < 4.78 is 0. The molecule has 1 aromatic heterocycles. The van der Waals surface area contributed by atoms with Crippen LogP contribution >= 0.6 is 0 Å². The molecule has 5 heteroatoms. The number of carbonyl (C=O) groups excluding carboxylic acids is 1. The number of aromatic nitrogens is 2. The quantitative estimate of drug-likeness (QED) is 0.890. The number of aryl methyl sites for hydroxylation is 2. The first-order chi connectivity index (χ1) is 10.5. The molecule has 0 aliphatic heterocycles. The molecule has 118 valence electrons. The van der Waals surface area contributed by atoms with Gasteiger partial charge in [0.15, 0.2) is 0 Å². The highest BCUT2D eigenvalue weighted by molar-refractivity contribution is 5.94. The van der Waals surface area contributed by atoms with Crippen molar-refractivity contribution in [2.75, 3.05) is 27.2 Å². The van der Waals surface area contributed by atoms with Crippen LogP contribution in [0, 0.1) is 13.8 Å². The van der Waals surface area contributed by atoms with Crippen LogP contribution in [0.5, 0.6) is 0 Å². The van der Waals surface area contributed by atoms with E-state index >= 15 is 0 Å². The lowest BCUT2D eigenvalue weighted by Gasteiger charge is -2.24. The normalized spacial score (nSPS) is 11.0. The lowest BCUT2D eigenvalue weighted by Crippen LogP contribution is -2.36. The van der Waals surface area contributed by atoms with Gasteiger partial charge in [-0.15, -0.1) is 0 Å². The van der Waals surface area contributed by atoms with Gasteiger partial charge in [-0.25, -0.2) is 4.98 Å². The van der Waals surface area contributed by atoms with Gasteiger partial charge in [-0.2, -0.15) is 0 Å². The molecule has 1 N–H and O–H groups in total. The molecule has 0 spiro atoms. The second kappa shape index (κ2) is 7.22. The monoisotopic (exact) mass is 300 g/mol. The topological polar surface area (TPSA) is 52.2 Å². The molecular formula is C17H24N4O. The second-order valence-electron chi connectivity index (χ2n) is 5.91. The average Bonchev–Trinajstić information content (AvgIpc) is 2.98. The number of nitrogens with one attached hydrogen (secondary N) is 1. The SMILES string of the molecule is Cc1ccc(C(=O)N(CCN(C)C)Cc2cnc[nH]2)cc1C. The molecule has 1 heterocycles. The molecule has 0 aliphatic carbocycles. The molecule has 0 unspecified atom stereocenters. The summed E-state index contributed by atoms with van der Waals surface area (Å²) >= 11 is 0. The number of imidazole rings is 1. The maximum atomic E-state index is 12.8. The van der Waals surface area contributed by atoms with E-state index < -0.39 is 0 Å². The molecule has 22 heavy (non-hydrogen) atoms. The van der Waals surface area contributed by atoms with Crippen LogP contribution in [0.25, 0.3) is 0 Å². The Bertz CT molecular complexity index is 620. The smallest absolute Gasteiger partial charge is 0.254 e. The number of likely N-dealkylation sites (N-methyl/N-ethyl adjacent to an activating group) is 1. The maximum Gasteiger partial charge on any atom is 0.254 e. The summed E-state index contributed by atoms with van der Waals surface area (Å²) in [6.07, 6.45) is 3.40. The van der Waals surface area contributed by atoms with E-state index in [2.05, 4.69) is 21.8 Å². The fraction of sp³-hybridized carbons (Fsp3) is 0.412. The van der Waals surface area contributed by atoms with Crippen molar-refractivity contribution >= 4 is 5.91 Å². The van der Waals surface area contributed by atoms with E-state index in [9.17, 15) is 4.79 Å². The van der Waals surface area contributed by atoms with E-state index in [4.69, 9.17) is 0 Å². The molecule has 0 bridgehead atoms. The number of H-pyrrole nitrogens is 1. The Balaban J connectivity index is 2.18. The summed E-state index contributed by atoms with van der Waals surface area (Å²) in [4.78, 5) is 23.8. The highest BCUT2D eigenvalue weighted by atomic mass is 16.2. The summed E-state index contributed by atoms with van der Waals surface area (Å²) in [5.74, 6) is 0.0551. The van der Waals surface area contributed by atoms with Gasteiger partial charge in [0.1, 0.15) is 0 Å². The summed E-state index contributed by atoms with van der Waals surface area (Å²) in [5, 5.41) is 0. The van der Waals surface area contributed by atoms with Crippen molar-refractivity contribution in [1.29, 1.82) is 0 Å². The number of hydrogen-bond acceptors (Lipinski definition) is 3. The third kappa shape index (κ3) is 4.18. The zero-order valence-electron chi connectivity index (χ0n) is 13.8. The maximum absolute atomic E-state index is 12.8. The summed E-state index contributed by atoms with van der Waals surface area (Å²) in [5.41, 5.74) is 4.02. The van der Waals surface area contributed by atoms with Crippen LogP contribution in [-0.2, 0) is 6.54 Å². The first-order valence-electron chi connectivity index (χ1n) is 7.46. The van der Waals surface area contributed by atoms with E-state index in [0.29, 0.717) is 13.1 Å². The molecule has 0 saturated heterocycles. The summed E-state index contributed by atoms with van der Waals surface area (Å²) in [7, 11) is 4.02. The first kappa shape index (κ1) is 16.2. The lowest BCUT2D eigenvalue weighted by atomic mass is 10.1. The van der Waals surface area contributed by atoms with Crippen molar-refractivity contribution in [2.24, 2.45) is 0 Å². The first-order valence-corrected chi connectivity index (χ1v) is 7.46. The minimum Gasteiger partial charge on any atom is -0.347 e. The third-order valence-electron chi connectivity index (χ3n) is 3.77. The average molecular weight is 300 g/mol. The highest BCUT2D eigenvalue weighted by Crippen LogP contribution is 2.13. The van der Waals surface area contributed by atoms with Crippen molar-refractivity contribution in [3.8, 4) is 0 Å². The molecule has 1 aromatic carbocycles. The molecule has 0 saturated carbocycles. The molecule has 0 aliphatic rings. The van der Waals surface area contributed by atoms with Crippen LogP contribution in [-0.4, -0.2) is 52.9 Å².